The van der Waals surface area contributed by atoms with Gasteiger partial charge < -0.3 is 10.6 Å². The molecule has 1 aromatic rings. The predicted molar refractivity (Wildman–Crippen MR) is 89.0 cm³/mol. The summed E-state index contributed by atoms with van der Waals surface area (Å²) < 4.78 is 0. The fourth-order valence-corrected chi connectivity index (χ4v) is 3.71. The van der Waals surface area contributed by atoms with Crippen LogP contribution in [0.4, 0.5) is 5.13 Å². The maximum absolute atomic E-state index is 12.5. The average Bonchev–Trinajstić information content (AvgIpc) is 3.05. The number of aromatic nitrogens is 1. The van der Waals surface area contributed by atoms with Crippen molar-refractivity contribution in [1.82, 2.24) is 10.3 Å². The molecule has 1 fully saturated rings. The lowest BCUT2D eigenvalue weighted by atomic mass is 9.93. The molecule has 1 saturated carbocycles. The number of amides is 2. The van der Waals surface area contributed by atoms with Crippen LogP contribution in [0.5, 0.6) is 0 Å². The van der Waals surface area contributed by atoms with Gasteiger partial charge in [-0.15, -0.1) is 11.3 Å². The first-order valence-electron chi connectivity index (χ1n) is 7.81. The lowest BCUT2D eigenvalue weighted by molar-refractivity contribution is -0.126. The number of rotatable bonds is 4. The highest BCUT2D eigenvalue weighted by Crippen LogP contribution is 2.30. The van der Waals surface area contributed by atoms with Crippen LogP contribution >= 0.6 is 11.3 Å². The molecule has 1 aliphatic carbocycles. The maximum Gasteiger partial charge on any atom is 0.249 e. The first-order valence-corrected chi connectivity index (χ1v) is 8.69. The first kappa shape index (κ1) is 16.9. The monoisotopic (exact) mass is 323 g/mol. The van der Waals surface area contributed by atoms with Crippen molar-refractivity contribution in [1.29, 1.82) is 0 Å². The minimum Gasteiger partial charge on any atom is -0.344 e. The third-order valence-corrected chi connectivity index (χ3v) is 4.77. The van der Waals surface area contributed by atoms with E-state index in [2.05, 4.69) is 36.4 Å². The Morgan fingerprint density at radius 3 is 2.45 bits per heavy atom. The van der Waals surface area contributed by atoms with Gasteiger partial charge in [0.1, 0.15) is 6.04 Å². The van der Waals surface area contributed by atoms with Crippen LogP contribution in [-0.4, -0.2) is 22.8 Å². The number of nitrogens with one attached hydrogen (secondary N) is 2. The molecular formula is C16H25N3O2S. The topological polar surface area (TPSA) is 71.1 Å². The summed E-state index contributed by atoms with van der Waals surface area (Å²) in [4.78, 5) is 28.4. The largest absolute Gasteiger partial charge is 0.344 e. The minimum absolute atomic E-state index is 0.0397. The first-order chi connectivity index (χ1) is 10.3. The van der Waals surface area contributed by atoms with Crippen LogP contribution in [0.15, 0.2) is 5.38 Å². The molecule has 0 aliphatic heterocycles. The summed E-state index contributed by atoms with van der Waals surface area (Å²) in [5.74, 6) is -0.0931. The van der Waals surface area contributed by atoms with Crippen LogP contribution < -0.4 is 10.6 Å². The Morgan fingerprint density at radius 2 is 1.95 bits per heavy atom. The summed E-state index contributed by atoms with van der Waals surface area (Å²) in [6.45, 7) is 7.72. The van der Waals surface area contributed by atoms with Crippen molar-refractivity contribution in [2.75, 3.05) is 5.32 Å². The summed E-state index contributed by atoms with van der Waals surface area (Å²) in [7, 11) is 0. The molecule has 5 nitrogen and oxygen atoms in total. The highest BCUT2D eigenvalue weighted by Gasteiger charge is 2.32. The van der Waals surface area contributed by atoms with E-state index in [1.54, 1.807) is 0 Å². The fourth-order valence-electron chi connectivity index (χ4n) is 2.77. The van der Waals surface area contributed by atoms with Crippen LogP contribution in [0.3, 0.4) is 0 Å². The standard InChI is InChI=1S/C16H25N3O2S/c1-10(20)17-13(11-7-5-6-8-11)14(21)19-15-18-12(9-22-15)16(2,3)4/h9,11,13H,5-8H2,1-4H3,(H,17,20)(H,18,19,21)/t13-/m0/s1. The van der Waals surface area contributed by atoms with Gasteiger partial charge in [0.15, 0.2) is 5.13 Å². The average molecular weight is 323 g/mol. The van der Waals surface area contributed by atoms with Crippen LogP contribution in [-0.2, 0) is 15.0 Å². The third-order valence-electron chi connectivity index (χ3n) is 4.02. The molecule has 0 unspecified atom stereocenters. The summed E-state index contributed by atoms with van der Waals surface area (Å²) in [5, 5.41) is 8.25. The van der Waals surface area contributed by atoms with Gasteiger partial charge in [-0.05, 0) is 18.8 Å². The van der Waals surface area contributed by atoms with Crippen LogP contribution in [0.1, 0.15) is 59.1 Å². The maximum atomic E-state index is 12.5. The van der Waals surface area contributed by atoms with Gasteiger partial charge in [0.05, 0.1) is 5.69 Å². The Kier molecular flexibility index (Phi) is 5.21. The van der Waals surface area contributed by atoms with Crippen molar-refractivity contribution in [2.24, 2.45) is 5.92 Å². The number of carbonyl (C=O) groups is 2. The van der Waals surface area contributed by atoms with Gasteiger partial charge in [-0.25, -0.2) is 4.98 Å². The van der Waals surface area contributed by atoms with Crippen LogP contribution in [0.2, 0.25) is 0 Å². The zero-order chi connectivity index (χ0) is 16.3. The van der Waals surface area contributed by atoms with Crippen molar-refractivity contribution in [3.05, 3.63) is 11.1 Å². The minimum atomic E-state index is -0.456. The lowest BCUT2D eigenvalue weighted by Gasteiger charge is -2.22. The lowest BCUT2D eigenvalue weighted by Crippen LogP contribution is -2.47. The van der Waals surface area contributed by atoms with E-state index >= 15 is 0 Å². The van der Waals surface area contributed by atoms with Crippen molar-refractivity contribution >= 4 is 28.3 Å². The molecule has 122 valence electrons. The van der Waals surface area contributed by atoms with E-state index in [0.717, 1.165) is 31.4 Å². The summed E-state index contributed by atoms with van der Waals surface area (Å²) in [6.07, 6.45) is 4.23. The third kappa shape index (κ3) is 4.29. The second-order valence-electron chi connectivity index (χ2n) is 7.00. The van der Waals surface area contributed by atoms with E-state index in [1.807, 2.05) is 5.38 Å². The number of carbonyl (C=O) groups excluding carboxylic acids is 2. The molecule has 6 heteroatoms. The van der Waals surface area contributed by atoms with Gasteiger partial charge in [0.2, 0.25) is 11.8 Å². The number of anilines is 1. The van der Waals surface area contributed by atoms with E-state index in [4.69, 9.17) is 0 Å². The molecule has 0 radical (unpaired) electrons. The fraction of sp³-hybridized carbons (Fsp3) is 0.688. The molecular weight excluding hydrogens is 298 g/mol. The molecule has 2 N–H and O–H groups in total. The van der Waals surface area contributed by atoms with Crippen molar-refractivity contribution < 1.29 is 9.59 Å². The molecule has 1 atom stereocenters. The van der Waals surface area contributed by atoms with Gasteiger partial charge in [-0.1, -0.05) is 33.6 Å². The molecule has 2 amide bonds. The van der Waals surface area contributed by atoms with E-state index < -0.39 is 6.04 Å². The van der Waals surface area contributed by atoms with Gasteiger partial charge in [-0.2, -0.15) is 0 Å². The van der Waals surface area contributed by atoms with Gasteiger partial charge in [0, 0.05) is 17.7 Å². The van der Waals surface area contributed by atoms with Gasteiger partial charge in [-0.3, -0.25) is 9.59 Å². The second kappa shape index (κ2) is 6.77. The quantitative estimate of drug-likeness (QED) is 0.894. The molecule has 1 heterocycles. The zero-order valence-corrected chi connectivity index (χ0v) is 14.5. The van der Waals surface area contributed by atoms with E-state index in [-0.39, 0.29) is 23.1 Å². The number of thiazole rings is 1. The SMILES string of the molecule is CC(=O)N[C@H](C(=O)Nc1nc(C(C)(C)C)cs1)C1CCCC1. The van der Waals surface area contributed by atoms with Crippen molar-refractivity contribution in [3.8, 4) is 0 Å². The molecule has 0 spiro atoms. The van der Waals surface area contributed by atoms with Gasteiger partial charge >= 0.3 is 0 Å². The predicted octanol–water partition coefficient (Wildman–Crippen LogP) is 3.07. The number of hydrogen-bond acceptors (Lipinski definition) is 4. The Hall–Kier alpha value is -1.43. The molecule has 22 heavy (non-hydrogen) atoms. The Labute approximate surface area is 135 Å². The highest BCUT2D eigenvalue weighted by atomic mass is 32.1. The van der Waals surface area contributed by atoms with Crippen molar-refractivity contribution in [3.63, 3.8) is 0 Å². The van der Waals surface area contributed by atoms with Crippen molar-refractivity contribution in [2.45, 2.75) is 64.8 Å². The molecule has 2 rings (SSSR count). The Bertz CT molecular complexity index is 542. The summed E-state index contributed by atoms with van der Waals surface area (Å²) >= 11 is 1.43. The molecule has 0 bridgehead atoms. The molecule has 1 aromatic heterocycles. The molecule has 0 aromatic carbocycles. The smallest absolute Gasteiger partial charge is 0.249 e. The van der Waals surface area contributed by atoms with Crippen LogP contribution in [0, 0.1) is 5.92 Å². The normalized spacial score (nSPS) is 17.3. The van der Waals surface area contributed by atoms with E-state index in [0.29, 0.717) is 5.13 Å². The van der Waals surface area contributed by atoms with E-state index in [1.165, 1.54) is 18.3 Å². The van der Waals surface area contributed by atoms with Gasteiger partial charge in [0.25, 0.3) is 0 Å². The second-order valence-corrected chi connectivity index (χ2v) is 7.86. The Morgan fingerprint density at radius 1 is 1.32 bits per heavy atom. The molecule has 1 aliphatic rings. The summed E-state index contributed by atoms with van der Waals surface area (Å²) in [5.41, 5.74) is 0.923. The number of hydrogen-bond donors (Lipinski definition) is 2. The highest BCUT2D eigenvalue weighted by molar-refractivity contribution is 7.14. The number of nitrogens with zero attached hydrogens (tertiary/aromatic N) is 1. The summed E-state index contributed by atoms with van der Waals surface area (Å²) in [6, 6.07) is -0.456. The Balaban J connectivity index is 2.07. The van der Waals surface area contributed by atoms with E-state index in [9.17, 15) is 9.59 Å². The van der Waals surface area contributed by atoms with Crippen LogP contribution in [0.25, 0.3) is 0 Å². The molecule has 0 saturated heterocycles. The zero-order valence-electron chi connectivity index (χ0n) is 13.7.